The minimum Gasteiger partial charge on any atom is -0.493 e. The van der Waals surface area contributed by atoms with E-state index in [9.17, 15) is 9.59 Å². The van der Waals surface area contributed by atoms with E-state index in [2.05, 4.69) is 17.1 Å². The van der Waals surface area contributed by atoms with Crippen LogP contribution in [0.15, 0.2) is 84.5 Å². The lowest BCUT2D eigenvalue weighted by Gasteiger charge is -2.09. The van der Waals surface area contributed by atoms with E-state index in [0.717, 1.165) is 10.1 Å². The van der Waals surface area contributed by atoms with Crippen molar-refractivity contribution >= 4 is 51.1 Å². The van der Waals surface area contributed by atoms with Gasteiger partial charge in [-0.1, -0.05) is 42.5 Å². The molecule has 36 heavy (non-hydrogen) atoms. The van der Waals surface area contributed by atoms with Gasteiger partial charge in [-0.05, 0) is 54.1 Å². The van der Waals surface area contributed by atoms with Crippen LogP contribution in [0.25, 0.3) is 10.1 Å². The van der Waals surface area contributed by atoms with Gasteiger partial charge in [-0.15, -0.1) is 11.3 Å². The van der Waals surface area contributed by atoms with E-state index in [-0.39, 0.29) is 11.7 Å². The van der Waals surface area contributed by atoms with Gasteiger partial charge in [0.1, 0.15) is 17.2 Å². The molecule has 3 aromatic carbocycles. The van der Waals surface area contributed by atoms with E-state index in [4.69, 9.17) is 25.8 Å². The number of nitrogens with one attached hydrogen (secondary N) is 1. The summed E-state index contributed by atoms with van der Waals surface area (Å²) in [5.41, 5.74) is 3.52. The first-order valence-electron chi connectivity index (χ1n) is 10.7. The van der Waals surface area contributed by atoms with Crippen LogP contribution >= 0.6 is 22.9 Å². The fourth-order valence-corrected chi connectivity index (χ4v) is 4.61. The van der Waals surface area contributed by atoms with Gasteiger partial charge >= 0.3 is 5.97 Å². The van der Waals surface area contributed by atoms with Crippen molar-refractivity contribution in [3.05, 3.63) is 100 Å². The summed E-state index contributed by atoms with van der Waals surface area (Å²) < 4.78 is 17.2. The van der Waals surface area contributed by atoms with E-state index in [1.165, 1.54) is 24.7 Å². The Hall–Kier alpha value is -4.14. The Balaban J connectivity index is 1.41. The van der Waals surface area contributed by atoms with Crippen LogP contribution in [0.3, 0.4) is 0 Å². The molecular weight excluding hydrogens is 500 g/mol. The topological polar surface area (TPSA) is 86.2 Å². The number of hydrazone groups is 1. The number of esters is 1. The molecule has 0 aliphatic carbocycles. The summed E-state index contributed by atoms with van der Waals surface area (Å²) >= 11 is 7.65. The van der Waals surface area contributed by atoms with E-state index in [0.29, 0.717) is 39.1 Å². The van der Waals surface area contributed by atoms with Crippen LogP contribution in [0.2, 0.25) is 5.02 Å². The van der Waals surface area contributed by atoms with Crippen molar-refractivity contribution in [2.75, 3.05) is 13.7 Å². The Morgan fingerprint density at radius 2 is 1.86 bits per heavy atom. The highest BCUT2D eigenvalue weighted by Crippen LogP contribution is 2.37. The Morgan fingerprint density at radius 1 is 1.08 bits per heavy atom. The fourth-order valence-electron chi connectivity index (χ4n) is 3.23. The number of methoxy groups -OCH3 is 1. The van der Waals surface area contributed by atoms with Crippen LogP contribution in [0.4, 0.5) is 0 Å². The standard InChI is InChI=1S/C27H21ClN2O5S/c1-3-14-34-19-11-9-18(10-12-19)26(31)30-29-16-17-8-13-21(22(15-17)33-2)35-27(32)25-24(28)20-6-4-5-7-23(20)36-25/h3-13,15-16H,1,14H2,2H3,(H,30,31). The van der Waals surface area contributed by atoms with Crippen LogP contribution in [-0.2, 0) is 0 Å². The molecule has 0 saturated carbocycles. The molecule has 9 heteroatoms. The third-order valence-corrected chi connectivity index (χ3v) is 6.63. The second-order valence-electron chi connectivity index (χ2n) is 7.36. The van der Waals surface area contributed by atoms with Gasteiger partial charge < -0.3 is 14.2 Å². The third-order valence-electron chi connectivity index (χ3n) is 4.97. The first kappa shape index (κ1) is 25.0. The third kappa shape index (κ3) is 5.73. The van der Waals surface area contributed by atoms with Crippen molar-refractivity contribution in [2.24, 2.45) is 5.10 Å². The van der Waals surface area contributed by atoms with Gasteiger partial charge in [0, 0.05) is 15.6 Å². The first-order valence-corrected chi connectivity index (χ1v) is 11.9. The molecule has 0 aliphatic rings. The number of carbonyl (C=O) groups is 2. The average molecular weight is 521 g/mol. The summed E-state index contributed by atoms with van der Waals surface area (Å²) in [7, 11) is 1.46. The van der Waals surface area contributed by atoms with Crippen LogP contribution in [0.5, 0.6) is 17.2 Å². The maximum Gasteiger partial charge on any atom is 0.355 e. The Morgan fingerprint density at radius 3 is 2.58 bits per heavy atom. The first-order chi connectivity index (χ1) is 17.5. The van der Waals surface area contributed by atoms with Gasteiger partial charge in [-0.25, -0.2) is 10.2 Å². The van der Waals surface area contributed by atoms with Gasteiger partial charge in [-0.3, -0.25) is 4.79 Å². The predicted octanol–water partition coefficient (Wildman–Crippen LogP) is 6.11. The number of thiophene rings is 1. The quantitative estimate of drug-likeness (QED) is 0.0945. The van der Waals surface area contributed by atoms with Gasteiger partial charge in [0.25, 0.3) is 5.91 Å². The number of benzene rings is 3. The van der Waals surface area contributed by atoms with E-state index in [1.54, 1.807) is 48.5 Å². The molecule has 0 fully saturated rings. The highest BCUT2D eigenvalue weighted by molar-refractivity contribution is 7.21. The lowest BCUT2D eigenvalue weighted by molar-refractivity contribution is 0.0734. The summed E-state index contributed by atoms with van der Waals surface area (Å²) in [5.74, 6) is 0.243. The normalized spacial score (nSPS) is 10.8. The van der Waals surface area contributed by atoms with Crippen LogP contribution in [0, 0.1) is 0 Å². The second-order valence-corrected chi connectivity index (χ2v) is 8.79. The average Bonchev–Trinajstić information content (AvgIpc) is 3.25. The van der Waals surface area contributed by atoms with Crippen molar-refractivity contribution in [1.82, 2.24) is 5.43 Å². The van der Waals surface area contributed by atoms with Crippen LogP contribution < -0.4 is 19.6 Å². The number of hydrogen-bond acceptors (Lipinski definition) is 7. The van der Waals surface area contributed by atoms with E-state index >= 15 is 0 Å². The minimum absolute atomic E-state index is 0.232. The Labute approximate surface area is 216 Å². The second kappa shape index (κ2) is 11.5. The maximum atomic E-state index is 12.8. The smallest absolute Gasteiger partial charge is 0.355 e. The van der Waals surface area contributed by atoms with Crippen molar-refractivity contribution in [3.8, 4) is 17.2 Å². The molecule has 1 amide bonds. The number of carbonyl (C=O) groups excluding carboxylic acids is 2. The fraction of sp³-hybridized carbons (Fsp3) is 0.0741. The number of rotatable bonds is 9. The molecule has 0 atom stereocenters. The lowest BCUT2D eigenvalue weighted by atomic mass is 10.2. The molecular formula is C27H21ClN2O5S. The zero-order chi connectivity index (χ0) is 25.5. The van der Waals surface area contributed by atoms with Gasteiger partial charge in [0.05, 0.1) is 18.3 Å². The largest absolute Gasteiger partial charge is 0.493 e. The number of nitrogens with zero attached hydrogens (tertiary/aromatic N) is 1. The Kier molecular flexibility index (Phi) is 7.99. The molecule has 0 aliphatic heterocycles. The molecule has 1 heterocycles. The molecule has 0 saturated heterocycles. The highest BCUT2D eigenvalue weighted by Gasteiger charge is 2.20. The summed E-state index contributed by atoms with van der Waals surface area (Å²) in [6, 6.07) is 19.0. The molecule has 0 bridgehead atoms. The van der Waals surface area contributed by atoms with Gasteiger partial charge in [0.2, 0.25) is 0 Å². The molecule has 0 unspecified atom stereocenters. The maximum absolute atomic E-state index is 12.8. The molecule has 182 valence electrons. The summed E-state index contributed by atoms with van der Waals surface area (Å²) in [4.78, 5) is 25.4. The zero-order valence-electron chi connectivity index (χ0n) is 19.2. The molecule has 1 N–H and O–H groups in total. The zero-order valence-corrected chi connectivity index (χ0v) is 20.8. The summed E-state index contributed by atoms with van der Waals surface area (Å²) in [6.07, 6.45) is 3.10. The minimum atomic E-state index is -0.575. The molecule has 1 aromatic heterocycles. The lowest BCUT2D eigenvalue weighted by Crippen LogP contribution is -2.17. The van der Waals surface area contributed by atoms with Crippen molar-refractivity contribution in [1.29, 1.82) is 0 Å². The number of fused-ring (bicyclic) bond motifs is 1. The predicted molar refractivity (Wildman–Crippen MR) is 142 cm³/mol. The summed E-state index contributed by atoms with van der Waals surface area (Å²) in [5, 5.41) is 5.15. The monoisotopic (exact) mass is 520 g/mol. The van der Waals surface area contributed by atoms with Gasteiger partial charge in [0.15, 0.2) is 11.5 Å². The number of ether oxygens (including phenoxy) is 3. The van der Waals surface area contributed by atoms with E-state index in [1.807, 2.05) is 24.3 Å². The molecule has 4 aromatic rings. The van der Waals surface area contributed by atoms with Crippen molar-refractivity contribution < 1.29 is 23.8 Å². The van der Waals surface area contributed by atoms with Crippen LogP contribution in [-0.4, -0.2) is 31.8 Å². The van der Waals surface area contributed by atoms with Crippen molar-refractivity contribution in [3.63, 3.8) is 0 Å². The number of amides is 1. The van der Waals surface area contributed by atoms with Crippen molar-refractivity contribution in [2.45, 2.75) is 0 Å². The summed E-state index contributed by atoms with van der Waals surface area (Å²) in [6.45, 7) is 3.98. The SMILES string of the molecule is C=CCOc1ccc(C(=O)NN=Cc2ccc(OC(=O)c3sc4ccccc4c3Cl)c(OC)c2)cc1. The number of hydrogen-bond donors (Lipinski definition) is 1. The van der Waals surface area contributed by atoms with E-state index < -0.39 is 5.97 Å². The molecule has 0 radical (unpaired) electrons. The van der Waals surface area contributed by atoms with Gasteiger partial charge in [-0.2, -0.15) is 5.10 Å². The number of halogens is 1. The molecule has 4 rings (SSSR count). The highest BCUT2D eigenvalue weighted by atomic mass is 35.5. The molecule has 7 nitrogen and oxygen atoms in total. The van der Waals surface area contributed by atoms with Crippen LogP contribution in [0.1, 0.15) is 25.6 Å². The molecule has 0 spiro atoms. The Bertz CT molecular complexity index is 1450.